The summed E-state index contributed by atoms with van der Waals surface area (Å²) < 4.78 is 0. The van der Waals surface area contributed by atoms with Crippen molar-refractivity contribution in [3.63, 3.8) is 0 Å². The molecule has 0 heterocycles. The molecule has 204 valence electrons. The van der Waals surface area contributed by atoms with E-state index in [0.717, 1.165) is 6.54 Å². The van der Waals surface area contributed by atoms with Crippen LogP contribution in [0.4, 0.5) is 11.4 Å². The van der Waals surface area contributed by atoms with Crippen molar-refractivity contribution in [1.82, 2.24) is 0 Å². The second-order valence-electron chi connectivity index (χ2n) is 10.9. The fourth-order valence-corrected chi connectivity index (χ4v) is 5.24. The van der Waals surface area contributed by atoms with Crippen molar-refractivity contribution in [2.45, 2.75) is 137 Å². The molecule has 2 aromatic carbocycles. The minimum Gasteiger partial charge on any atom is -0.341 e. The Hall–Kier alpha value is -1.47. The maximum Gasteiger partial charge on any atom is 0.0443 e. The summed E-state index contributed by atoms with van der Waals surface area (Å²) in [7, 11) is 0. The second kappa shape index (κ2) is 19.6. The molecular formula is C34H56ClN. The van der Waals surface area contributed by atoms with Gasteiger partial charge in [-0.1, -0.05) is 128 Å². The average Bonchev–Trinajstić information content (AvgIpc) is 2.85. The Labute approximate surface area is 230 Å². The first kappa shape index (κ1) is 32.6. The smallest absolute Gasteiger partial charge is 0.0443 e. The molecule has 0 aliphatic rings. The van der Waals surface area contributed by atoms with Gasteiger partial charge in [0.05, 0.1) is 0 Å². The van der Waals surface area contributed by atoms with Crippen molar-refractivity contribution in [2.75, 3.05) is 11.4 Å². The van der Waals surface area contributed by atoms with Crippen molar-refractivity contribution in [1.29, 1.82) is 0 Å². The fourth-order valence-electron chi connectivity index (χ4n) is 5.24. The highest BCUT2D eigenvalue weighted by molar-refractivity contribution is 5.85. The van der Waals surface area contributed by atoms with E-state index in [-0.39, 0.29) is 12.4 Å². The highest BCUT2D eigenvalue weighted by Crippen LogP contribution is 2.33. The molecule has 0 aromatic heterocycles. The predicted molar refractivity (Wildman–Crippen MR) is 166 cm³/mol. The summed E-state index contributed by atoms with van der Waals surface area (Å²) in [4.78, 5) is 2.58. The molecule has 0 unspecified atom stereocenters. The zero-order valence-corrected chi connectivity index (χ0v) is 25.2. The lowest BCUT2D eigenvalue weighted by Crippen LogP contribution is -2.21. The van der Waals surface area contributed by atoms with Gasteiger partial charge >= 0.3 is 0 Å². The molecule has 0 aliphatic heterocycles. The Morgan fingerprint density at radius 1 is 0.472 bits per heavy atom. The number of hydrogen-bond donors (Lipinski definition) is 0. The number of halogens is 1. The van der Waals surface area contributed by atoms with E-state index in [1.54, 1.807) is 0 Å². The third kappa shape index (κ3) is 11.7. The third-order valence-electron chi connectivity index (χ3n) is 7.97. The van der Waals surface area contributed by atoms with Crippen LogP contribution in [0.1, 0.15) is 132 Å². The number of benzene rings is 2. The molecule has 2 rings (SSSR count). The molecule has 0 saturated heterocycles. The van der Waals surface area contributed by atoms with Crippen molar-refractivity contribution < 1.29 is 0 Å². The molecule has 2 aromatic rings. The van der Waals surface area contributed by atoms with Crippen LogP contribution in [-0.2, 0) is 0 Å². The number of aryl methyl sites for hydroxylation is 2. The fraction of sp³-hybridized carbons (Fsp3) is 0.647. The van der Waals surface area contributed by atoms with Gasteiger partial charge in [0.15, 0.2) is 0 Å². The lowest BCUT2D eigenvalue weighted by molar-refractivity contribution is 0.530. The van der Waals surface area contributed by atoms with Gasteiger partial charge in [0.1, 0.15) is 0 Å². The van der Waals surface area contributed by atoms with Gasteiger partial charge in [-0.3, -0.25) is 0 Å². The van der Waals surface area contributed by atoms with Crippen LogP contribution in [0.5, 0.6) is 0 Å². The summed E-state index contributed by atoms with van der Waals surface area (Å²) in [5.74, 6) is 0. The van der Waals surface area contributed by atoms with Crippen molar-refractivity contribution >= 4 is 23.8 Å². The zero-order chi connectivity index (χ0) is 25.3. The Bertz CT molecular complexity index is 776. The zero-order valence-electron chi connectivity index (χ0n) is 24.3. The molecule has 0 fully saturated rings. The van der Waals surface area contributed by atoms with Crippen molar-refractivity contribution in [2.24, 2.45) is 0 Å². The van der Waals surface area contributed by atoms with Crippen LogP contribution in [0.2, 0.25) is 0 Å². The minimum absolute atomic E-state index is 0. The SMILES string of the molecule is CCCCCCCCCCCCCCCCCCN(c1cccc(C)c1C)c1cccc(C)c1C.Cl. The molecule has 0 atom stereocenters. The van der Waals surface area contributed by atoms with Crippen molar-refractivity contribution in [3.8, 4) is 0 Å². The highest BCUT2D eigenvalue weighted by Gasteiger charge is 2.15. The van der Waals surface area contributed by atoms with Crippen LogP contribution in [0.15, 0.2) is 36.4 Å². The quantitative estimate of drug-likeness (QED) is 0.169. The van der Waals surface area contributed by atoms with Crippen LogP contribution in [0.3, 0.4) is 0 Å². The van der Waals surface area contributed by atoms with Gasteiger partial charge < -0.3 is 4.90 Å². The van der Waals surface area contributed by atoms with E-state index in [4.69, 9.17) is 0 Å². The summed E-state index contributed by atoms with van der Waals surface area (Å²) in [6.07, 6.45) is 22.7. The first-order chi connectivity index (χ1) is 17.1. The van der Waals surface area contributed by atoms with Gasteiger partial charge in [-0.15, -0.1) is 12.4 Å². The molecule has 0 bridgehead atoms. The summed E-state index contributed by atoms with van der Waals surface area (Å²) in [5, 5.41) is 0. The Balaban J connectivity index is 0.00000648. The van der Waals surface area contributed by atoms with E-state index in [1.165, 1.54) is 136 Å². The topological polar surface area (TPSA) is 3.24 Å². The van der Waals surface area contributed by atoms with E-state index in [0.29, 0.717) is 0 Å². The van der Waals surface area contributed by atoms with Gasteiger partial charge in [-0.05, 0) is 68.5 Å². The lowest BCUT2D eigenvalue weighted by atomic mass is 10.0. The second-order valence-corrected chi connectivity index (χ2v) is 10.9. The molecule has 36 heavy (non-hydrogen) atoms. The number of anilines is 2. The predicted octanol–water partition coefficient (Wildman–Crippen LogP) is 11.7. The molecule has 1 nitrogen and oxygen atoms in total. The molecule has 0 amide bonds. The van der Waals surface area contributed by atoms with Gasteiger partial charge in [-0.2, -0.15) is 0 Å². The van der Waals surface area contributed by atoms with Crippen LogP contribution >= 0.6 is 12.4 Å². The maximum atomic E-state index is 2.58. The molecule has 2 heteroatoms. The number of rotatable bonds is 19. The van der Waals surface area contributed by atoms with Crippen LogP contribution in [-0.4, -0.2) is 6.54 Å². The van der Waals surface area contributed by atoms with Crippen LogP contribution in [0.25, 0.3) is 0 Å². The van der Waals surface area contributed by atoms with Crippen LogP contribution < -0.4 is 4.90 Å². The van der Waals surface area contributed by atoms with Gasteiger partial charge in [0, 0.05) is 17.9 Å². The van der Waals surface area contributed by atoms with E-state index in [9.17, 15) is 0 Å². The maximum absolute atomic E-state index is 2.58. The van der Waals surface area contributed by atoms with E-state index < -0.39 is 0 Å². The normalized spacial score (nSPS) is 10.9. The molecule has 0 spiro atoms. The Morgan fingerprint density at radius 3 is 1.17 bits per heavy atom. The summed E-state index contributed by atoms with van der Waals surface area (Å²) in [6, 6.07) is 13.5. The number of unbranched alkanes of at least 4 members (excludes halogenated alkanes) is 15. The van der Waals surface area contributed by atoms with Crippen molar-refractivity contribution in [3.05, 3.63) is 58.7 Å². The standard InChI is InChI=1S/C34H55N.ClH/c1-6-7-8-9-10-11-12-13-14-15-16-17-18-19-20-21-28-35(33-26-22-24-29(2)31(33)4)34-27-23-25-30(3)32(34)5;/h22-27H,6-21,28H2,1-5H3;1H. The van der Waals surface area contributed by atoms with Crippen LogP contribution in [0, 0.1) is 27.7 Å². The first-order valence-electron chi connectivity index (χ1n) is 15.0. The molecule has 0 saturated carbocycles. The van der Waals surface area contributed by atoms with E-state index >= 15 is 0 Å². The Morgan fingerprint density at radius 2 is 0.806 bits per heavy atom. The number of hydrogen-bond acceptors (Lipinski definition) is 1. The molecule has 0 aliphatic carbocycles. The van der Waals surface area contributed by atoms with Gasteiger partial charge in [0.2, 0.25) is 0 Å². The minimum atomic E-state index is 0. The first-order valence-corrected chi connectivity index (χ1v) is 15.0. The molecular weight excluding hydrogens is 458 g/mol. The molecule has 0 radical (unpaired) electrons. The number of nitrogens with zero attached hydrogens (tertiary/aromatic N) is 1. The van der Waals surface area contributed by atoms with Gasteiger partial charge in [0.25, 0.3) is 0 Å². The van der Waals surface area contributed by atoms with E-state index in [1.807, 2.05) is 0 Å². The van der Waals surface area contributed by atoms with Gasteiger partial charge in [-0.25, -0.2) is 0 Å². The Kier molecular flexibility index (Phi) is 17.7. The monoisotopic (exact) mass is 513 g/mol. The molecule has 0 N–H and O–H groups in total. The highest BCUT2D eigenvalue weighted by atomic mass is 35.5. The largest absolute Gasteiger partial charge is 0.341 e. The lowest BCUT2D eigenvalue weighted by Gasteiger charge is -2.29. The summed E-state index contributed by atoms with van der Waals surface area (Å²) in [6.45, 7) is 12.4. The summed E-state index contributed by atoms with van der Waals surface area (Å²) in [5.41, 5.74) is 8.32. The summed E-state index contributed by atoms with van der Waals surface area (Å²) >= 11 is 0. The third-order valence-corrected chi connectivity index (χ3v) is 7.97. The average molecular weight is 514 g/mol. The van der Waals surface area contributed by atoms with E-state index in [2.05, 4.69) is 75.9 Å².